The minimum absolute atomic E-state index is 0.233. The van der Waals surface area contributed by atoms with E-state index in [0.717, 1.165) is 5.56 Å². The van der Waals surface area contributed by atoms with E-state index in [0.29, 0.717) is 11.1 Å². The summed E-state index contributed by atoms with van der Waals surface area (Å²) in [6.07, 6.45) is 0. The molecule has 4 heteroatoms. The monoisotopic (exact) mass is 230 g/mol. The number of hydrogen-bond donors (Lipinski definition) is 3. The Labute approximate surface area is 98.0 Å². The average molecular weight is 230 g/mol. The van der Waals surface area contributed by atoms with Crippen molar-refractivity contribution in [3.05, 3.63) is 59.9 Å². The summed E-state index contributed by atoms with van der Waals surface area (Å²) in [7, 11) is 0. The molecule has 3 nitrogen and oxygen atoms in total. The Balaban J connectivity index is 2.42. The van der Waals surface area contributed by atoms with E-state index in [-0.39, 0.29) is 5.84 Å². The van der Waals surface area contributed by atoms with Gasteiger partial charge in [0.2, 0.25) is 0 Å². The lowest BCUT2D eigenvalue weighted by Crippen LogP contribution is -2.18. The van der Waals surface area contributed by atoms with Gasteiger partial charge in [0, 0.05) is 11.1 Å². The van der Waals surface area contributed by atoms with Crippen LogP contribution in [0.1, 0.15) is 5.56 Å². The summed E-state index contributed by atoms with van der Waals surface area (Å²) in [5.41, 5.74) is 3.23. The number of nitrogens with one attached hydrogen (secondary N) is 2. The SMILES string of the molecule is N=C(NO)c1ccc(-c2ccccc2)c(F)c1. The summed E-state index contributed by atoms with van der Waals surface area (Å²) in [5.74, 6) is -0.655. The van der Waals surface area contributed by atoms with Gasteiger partial charge in [0.25, 0.3) is 0 Å². The molecule has 0 aromatic heterocycles. The lowest BCUT2D eigenvalue weighted by molar-refractivity contribution is 0.234. The molecule has 0 bridgehead atoms. The van der Waals surface area contributed by atoms with Crippen molar-refractivity contribution in [1.29, 1.82) is 5.41 Å². The first-order chi connectivity index (χ1) is 8.22. The zero-order valence-corrected chi connectivity index (χ0v) is 8.94. The Kier molecular flexibility index (Phi) is 3.16. The highest BCUT2D eigenvalue weighted by Crippen LogP contribution is 2.23. The van der Waals surface area contributed by atoms with Crippen LogP contribution in [0.4, 0.5) is 4.39 Å². The van der Waals surface area contributed by atoms with Crippen LogP contribution in [0.25, 0.3) is 11.1 Å². The third-order valence-electron chi connectivity index (χ3n) is 2.45. The van der Waals surface area contributed by atoms with Crippen LogP contribution >= 0.6 is 0 Å². The minimum Gasteiger partial charge on any atom is -0.290 e. The zero-order valence-electron chi connectivity index (χ0n) is 8.94. The molecule has 0 unspecified atom stereocenters. The summed E-state index contributed by atoms with van der Waals surface area (Å²) < 4.78 is 13.8. The number of hydroxylamine groups is 1. The molecule has 0 saturated heterocycles. The predicted molar refractivity (Wildman–Crippen MR) is 63.6 cm³/mol. The molecule has 2 rings (SSSR count). The van der Waals surface area contributed by atoms with Crippen LogP contribution < -0.4 is 5.48 Å². The van der Waals surface area contributed by atoms with Crippen LogP contribution in [0, 0.1) is 11.2 Å². The normalized spacial score (nSPS) is 10.0. The van der Waals surface area contributed by atoms with Crippen molar-refractivity contribution < 1.29 is 9.60 Å². The van der Waals surface area contributed by atoms with Gasteiger partial charge < -0.3 is 0 Å². The van der Waals surface area contributed by atoms with Crippen LogP contribution in [0.5, 0.6) is 0 Å². The molecule has 0 saturated carbocycles. The summed E-state index contributed by atoms with van der Waals surface area (Å²) >= 11 is 0. The first-order valence-corrected chi connectivity index (χ1v) is 5.06. The molecular weight excluding hydrogens is 219 g/mol. The van der Waals surface area contributed by atoms with Gasteiger partial charge in [-0.25, -0.2) is 4.39 Å². The van der Waals surface area contributed by atoms with Gasteiger partial charge in [0.05, 0.1) is 0 Å². The van der Waals surface area contributed by atoms with Gasteiger partial charge in [-0.1, -0.05) is 42.5 Å². The van der Waals surface area contributed by atoms with Gasteiger partial charge in [-0.15, -0.1) is 0 Å². The molecule has 17 heavy (non-hydrogen) atoms. The quantitative estimate of drug-likeness (QED) is 0.422. The van der Waals surface area contributed by atoms with Gasteiger partial charge in [-0.3, -0.25) is 16.1 Å². The fraction of sp³-hybridized carbons (Fsp3) is 0. The van der Waals surface area contributed by atoms with Gasteiger partial charge in [0.15, 0.2) is 0 Å². The Bertz CT molecular complexity index is 540. The molecule has 3 N–H and O–H groups in total. The van der Waals surface area contributed by atoms with Crippen LogP contribution in [0.3, 0.4) is 0 Å². The zero-order chi connectivity index (χ0) is 12.3. The van der Waals surface area contributed by atoms with Crippen molar-refractivity contribution >= 4 is 5.84 Å². The van der Waals surface area contributed by atoms with Crippen LogP contribution in [0.2, 0.25) is 0 Å². The first-order valence-electron chi connectivity index (χ1n) is 5.06. The highest BCUT2D eigenvalue weighted by atomic mass is 19.1. The third kappa shape index (κ3) is 2.32. The first kappa shape index (κ1) is 11.3. The lowest BCUT2D eigenvalue weighted by atomic mass is 10.0. The molecule has 0 aliphatic rings. The van der Waals surface area contributed by atoms with E-state index >= 15 is 0 Å². The molecule has 0 heterocycles. The van der Waals surface area contributed by atoms with E-state index in [4.69, 9.17) is 10.6 Å². The summed E-state index contributed by atoms with van der Waals surface area (Å²) in [5, 5.41) is 15.9. The van der Waals surface area contributed by atoms with Gasteiger partial charge in [0.1, 0.15) is 11.7 Å². The maximum atomic E-state index is 13.8. The molecule has 0 radical (unpaired) electrons. The smallest absolute Gasteiger partial charge is 0.149 e. The van der Waals surface area contributed by atoms with Crippen molar-refractivity contribution in [3.8, 4) is 11.1 Å². The Hall–Kier alpha value is -2.20. The number of benzene rings is 2. The topological polar surface area (TPSA) is 56.1 Å². The van der Waals surface area contributed by atoms with E-state index in [1.54, 1.807) is 17.6 Å². The van der Waals surface area contributed by atoms with Crippen molar-refractivity contribution in [2.24, 2.45) is 0 Å². The van der Waals surface area contributed by atoms with Crippen LogP contribution in [0.15, 0.2) is 48.5 Å². The summed E-state index contributed by atoms with van der Waals surface area (Å²) in [6.45, 7) is 0. The second-order valence-electron chi connectivity index (χ2n) is 3.55. The van der Waals surface area contributed by atoms with Gasteiger partial charge in [-0.05, 0) is 11.6 Å². The van der Waals surface area contributed by atoms with Crippen LogP contribution in [-0.4, -0.2) is 11.0 Å². The highest BCUT2D eigenvalue weighted by Gasteiger charge is 2.07. The number of rotatable bonds is 2. The largest absolute Gasteiger partial charge is 0.290 e. The second kappa shape index (κ2) is 4.76. The van der Waals surface area contributed by atoms with Crippen molar-refractivity contribution in [3.63, 3.8) is 0 Å². The number of hydrogen-bond acceptors (Lipinski definition) is 2. The summed E-state index contributed by atoms with van der Waals surface area (Å²) in [4.78, 5) is 0. The standard InChI is InChI=1S/C13H11FN2O/c14-12-8-10(13(15)16-17)6-7-11(12)9-4-2-1-3-5-9/h1-8,17H,(H2,15,16). The lowest BCUT2D eigenvalue weighted by Gasteiger charge is -2.06. The molecule has 0 amide bonds. The fourth-order valence-electron chi connectivity index (χ4n) is 1.59. The maximum absolute atomic E-state index is 13.8. The van der Waals surface area contributed by atoms with Gasteiger partial charge >= 0.3 is 0 Å². The van der Waals surface area contributed by atoms with Crippen molar-refractivity contribution in [1.82, 2.24) is 5.48 Å². The van der Waals surface area contributed by atoms with E-state index in [2.05, 4.69) is 0 Å². The Morgan fingerprint density at radius 3 is 2.41 bits per heavy atom. The van der Waals surface area contributed by atoms with Crippen molar-refractivity contribution in [2.75, 3.05) is 0 Å². The predicted octanol–water partition coefficient (Wildman–Crippen LogP) is 2.80. The number of halogens is 1. The third-order valence-corrected chi connectivity index (χ3v) is 2.45. The number of amidine groups is 1. The molecule has 0 aliphatic heterocycles. The molecule has 86 valence electrons. The van der Waals surface area contributed by atoms with E-state index in [9.17, 15) is 4.39 Å². The van der Waals surface area contributed by atoms with Gasteiger partial charge in [-0.2, -0.15) is 0 Å². The van der Waals surface area contributed by atoms with E-state index < -0.39 is 5.82 Å². The van der Waals surface area contributed by atoms with E-state index in [1.165, 1.54) is 6.07 Å². The molecule has 0 spiro atoms. The highest BCUT2D eigenvalue weighted by molar-refractivity contribution is 5.95. The fourth-order valence-corrected chi connectivity index (χ4v) is 1.59. The van der Waals surface area contributed by atoms with E-state index in [1.807, 2.05) is 30.3 Å². The second-order valence-corrected chi connectivity index (χ2v) is 3.55. The Morgan fingerprint density at radius 2 is 1.82 bits per heavy atom. The molecule has 0 fully saturated rings. The molecule has 2 aromatic rings. The molecule has 0 atom stereocenters. The Morgan fingerprint density at radius 1 is 1.12 bits per heavy atom. The summed E-state index contributed by atoms with van der Waals surface area (Å²) in [6, 6.07) is 13.5. The van der Waals surface area contributed by atoms with Crippen molar-refractivity contribution in [2.45, 2.75) is 0 Å². The maximum Gasteiger partial charge on any atom is 0.149 e. The minimum atomic E-state index is -0.423. The average Bonchev–Trinajstić information content (AvgIpc) is 2.38. The van der Waals surface area contributed by atoms with Crippen LogP contribution in [-0.2, 0) is 0 Å². The molecule has 2 aromatic carbocycles. The molecule has 0 aliphatic carbocycles. The molecular formula is C13H11FN2O.